The number of ketones is 2. The fourth-order valence-corrected chi connectivity index (χ4v) is 9.28. The number of methoxy groups -OCH3 is 1. The molecule has 0 heterocycles. The van der Waals surface area contributed by atoms with Crippen LogP contribution < -0.4 is 0 Å². The van der Waals surface area contributed by atoms with Gasteiger partial charge in [0.25, 0.3) is 0 Å². The molecule has 6 heteroatoms. The van der Waals surface area contributed by atoms with Crippen LogP contribution in [0.15, 0.2) is 22.8 Å². The fraction of sp³-hybridized carbons (Fsp3) is 0.733. The van der Waals surface area contributed by atoms with E-state index >= 15 is 0 Å². The van der Waals surface area contributed by atoms with E-state index in [1.54, 1.807) is 6.08 Å². The highest BCUT2D eigenvalue weighted by Crippen LogP contribution is 2.72. The molecule has 0 saturated heterocycles. The average Bonchev–Trinajstić information content (AvgIpc) is 2.79. The Bertz CT molecular complexity index is 1080. The van der Waals surface area contributed by atoms with Crippen LogP contribution in [0.4, 0.5) is 0 Å². The monoisotopic (exact) mass is 498 g/mol. The van der Waals surface area contributed by atoms with Crippen LogP contribution in [0.3, 0.4) is 0 Å². The lowest BCUT2D eigenvalue weighted by molar-refractivity contribution is -0.182. The SMILES string of the molecule is CC[C@@]1(C)CCC[C@]2(C)[C@H]3C[C@H](OC(C)=O)[C@@]4(C)C(=CC(=O)C(C(C)=O)=C4C(=O)OC)[C@]3(C)CC[C@@H]12. The highest BCUT2D eigenvalue weighted by atomic mass is 16.5. The second kappa shape index (κ2) is 8.66. The first-order chi connectivity index (χ1) is 16.7. The van der Waals surface area contributed by atoms with Gasteiger partial charge >= 0.3 is 11.9 Å². The van der Waals surface area contributed by atoms with Gasteiger partial charge in [0, 0.05) is 6.92 Å². The number of allylic oxidation sites excluding steroid dienone is 2. The lowest BCUT2D eigenvalue weighted by Crippen LogP contribution is -2.63. The fourth-order valence-electron chi connectivity index (χ4n) is 9.28. The number of carbonyl (C=O) groups excluding carboxylic acids is 4. The van der Waals surface area contributed by atoms with Crippen molar-refractivity contribution in [1.82, 2.24) is 0 Å². The van der Waals surface area contributed by atoms with E-state index in [1.165, 1.54) is 27.4 Å². The molecule has 0 aromatic heterocycles. The molecule has 0 aliphatic heterocycles. The van der Waals surface area contributed by atoms with Crippen molar-refractivity contribution in [3.63, 3.8) is 0 Å². The average molecular weight is 499 g/mol. The number of esters is 2. The molecule has 0 N–H and O–H groups in total. The number of hydrogen-bond donors (Lipinski definition) is 0. The number of fused-ring (bicyclic) bond motifs is 5. The number of hydrogen-bond acceptors (Lipinski definition) is 6. The largest absolute Gasteiger partial charge is 0.466 e. The molecule has 4 aliphatic carbocycles. The van der Waals surface area contributed by atoms with Crippen LogP contribution in [0.5, 0.6) is 0 Å². The highest BCUT2D eigenvalue weighted by molar-refractivity contribution is 6.28. The van der Waals surface area contributed by atoms with Crippen LogP contribution in [0, 0.1) is 33.5 Å². The molecule has 3 saturated carbocycles. The Hall–Kier alpha value is -2.24. The van der Waals surface area contributed by atoms with Gasteiger partial charge < -0.3 is 9.47 Å². The van der Waals surface area contributed by atoms with E-state index in [4.69, 9.17) is 9.47 Å². The van der Waals surface area contributed by atoms with Crippen LogP contribution in [-0.2, 0) is 28.7 Å². The second-order valence-corrected chi connectivity index (χ2v) is 12.7. The summed E-state index contributed by atoms with van der Waals surface area (Å²) in [4.78, 5) is 51.8. The third kappa shape index (κ3) is 3.49. The van der Waals surface area contributed by atoms with E-state index in [2.05, 4.69) is 27.7 Å². The lowest BCUT2D eigenvalue weighted by atomic mass is 9.36. The van der Waals surface area contributed by atoms with Crippen molar-refractivity contribution in [1.29, 1.82) is 0 Å². The van der Waals surface area contributed by atoms with Crippen molar-refractivity contribution in [2.75, 3.05) is 7.11 Å². The predicted octanol–water partition coefficient (Wildman–Crippen LogP) is 5.53. The Morgan fingerprint density at radius 3 is 2.25 bits per heavy atom. The standard InChI is InChI=1S/C30H42O6/c1-9-27(4)12-10-13-28(5)20(27)11-14-29(6)21(28)16-23(36-18(3)32)30(7)22(29)15-19(33)24(17(2)31)25(30)26(34)35-8/h15,20-21,23H,9-14,16H2,1-8H3/t20-,21+,23-,27-,28-,29+,30+/m0/s1. The smallest absolute Gasteiger partial charge is 0.335 e. The van der Waals surface area contributed by atoms with Crippen molar-refractivity contribution in [2.24, 2.45) is 33.5 Å². The number of rotatable bonds is 4. The van der Waals surface area contributed by atoms with Gasteiger partial charge in [-0.2, -0.15) is 0 Å². The van der Waals surface area contributed by atoms with E-state index in [9.17, 15) is 19.2 Å². The second-order valence-electron chi connectivity index (χ2n) is 12.7. The first kappa shape index (κ1) is 26.8. The van der Waals surface area contributed by atoms with Gasteiger partial charge in [-0.05, 0) is 85.7 Å². The maximum atomic E-state index is 13.5. The first-order valence-electron chi connectivity index (χ1n) is 13.5. The molecule has 0 bridgehead atoms. The summed E-state index contributed by atoms with van der Waals surface area (Å²) in [6, 6.07) is 0. The molecule has 3 fully saturated rings. The number of ether oxygens (including phenoxy) is 2. The summed E-state index contributed by atoms with van der Waals surface area (Å²) >= 11 is 0. The minimum Gasteiger partial charge on any atom is -0.466 e. The van der Waals surface area contributed by atoms with Crippen LogP contribution in [0.2, 0.25) is 0 Å². The Balaban J connectivity index is 1.96. The van der Waals surface area contributed by atoms with E-state index in [0.717, 1.165) is 37.7 Å². The highest BCUT2D eigenvalue weighted by Gasteiger charge is 2.68. The third-order valence-electron chi connectivity index (χ3n) is 11.0. The van der Waals surface area contributed by atoms with Gasteiger partial charge in [-0.25, -0.2) is 4.79 Å². The number of carbonyl (C=O) groups is 4. The maximum Gasteiger partial charge on any atom is 0.335 e. The normalized spacial score (nSPS) is 41.9. The lowest BCUT2D eigenvalue weighted by Gasteiger charge is -2.68. The minimum atomic E-state index is -1.12. The summed E-state index contributed by atoms with van der Waals surface area (Å²) < 4.78 is 11.1. The summed E-state index contributed by atoms with van der Waals surface area (Å²) in [5.41, 5.74) is -0.526. The van der Waals surface area contributed by atoms with Gasteiger partial charge in [-0.3, -0.25) is 14.4 Å². The Morgan fingerprint density at radius 2 is 1.69 bits per heavy atom. The van der Waals surface area contributed by atoms with Crippen LogP contribution >= 0.6 is 0 Å². The molecule has 7 atom stereocenters. The van der Waals surface area contributed by atoms with Crippen molar-refractivity contribution in [3.8, 4) is 0 Å². The van der Waals surface area contributed by atoms with Gasteiger partial charge in [0.15, 0.2) is 11.6 Å². The number of Topliss-reactive ketones (excluding diaryl/α,β-unsaturated/α-hetero) is 1. The molecule has 4 rings (SSSR count). The molecule has 198 valence electrons. The molecule has 0 unspecified atom stereocenters. The van der Waals surface area contributed by atoms with E-state index in [0.29, 0.717) is 12.3 Å². The first-order valence-corrected chi connectivity index (χ1v) is 13.5. The van der Waals surface area contributed by atoms with Crippen molar-refractivity contribution in [3.05, 3.63) is 22.8 Å². The summed E-state index contributed by atoms with van der Waals surface area (Å²) in [6.45, 7) is 13.9. The Morgan fingerprint density at radius 1 is 1.03 bits per heavy atom. The van der Waals surface area contributed by atoms with E-state index < -0.39 is 35.0 Å². The summed E-state index contributed by atoms with van der Waals surface area (Å²) in [5, 5.41) is 0. The molecule has 0 spiro atoms. The van der Waals surface area contributed by atoms with Gasteiger partial charge in [0.05, 0.1) is 23.7 Å². The Labute approximate surface area is 215 Å². The summed E-state index contributed by atoms with van der Waals surface area (Å²) in [5.74, 6) is -1.37. The summed E-state index contributed by atoms with van der Waals surface area (Å²) in [7, 11) is 1.26. The van der Waals surface area contributed by atoms with E-state index in [-0.39, 0.29) is 33.3 Å². The molecular formula is C30H42O6. The van der Waals surface area contributed by atoms with Gasteiger partial charge in [0.1, 0.15) is 6.10 Å². The molecule has 0 aromatic carbocycles. The van der Waals surface area contributed by atoms with Crippen LogP contribution in [-0.4, -0.2) is 36.7 Å². The third-order valence-corrected chi connectivity index (χ3v) is 11.0. The molecule has 0 radical (unpaired) electrons. The Kier molecular flexibility index (Phi) is 6.45. The minimum absolute atomic E-state index is 0.00955. The van der Waals surface area contributed by atoms with E-state index in [1.807, 2.05) is 6.92 Å². The maximum absolute atomic E-state index is 13.5. The van der Waals surface area contributed by atoms with Crippen molar-refractivity contribution < 1.29 is 28.7 Å². The summed E-state index contributed by atoms with van der Waals surface area (Å²) in [6.07, 6.45) is 8.02. The van der Waals surface area contributed by atoms with Crippen molar-refractivity contribution in [2.45, 2.75) is 99.5 Å². The topological polar surface area (TPSA) is 86.7 Å². The zero-order valence-corrected chi connectivity index (χ0v) is 23.2. The molecule has 0 amide bonds. The molecular weight excluding hydrogens is 456 g/mol. The van der Waals surface area contributed by atoms with Gasteiger partial charge in [0.2, 0.25) is 0 Å². The predicted molar refractivity (Wildman–Crippen MR) is 136 cm³/mol. The van der Waals surface area contributed by atoms with Crippen molar-refractivity contribution >= 4 is 23.5 Å². The van der Waals surface area contributed by atoms with Gasteiger partial charge in [-0.15, -0.1) is 0 Å². The molecule has 4 aliphatic rings. The quantitative estimate of drug-likeness (QED) is 0.374. The van der Waals surface area contributed by atoms with Gasteiger partial charge in [-0.1, -0.05) is 40.5 Å². The molecule has 36 heavy (non-hydrogen) atoms. The van der Waals surface area contributed by atoms with Crippen LogP contribution in [0.25, 0.3) is 0 Å². The molecule has 0 aromatic rings. The zero-order valence-electron chi connectivity index (χ0n) is 23.2. The molecule has 6 nitrogen and oxygen atoms in total. The zero-order chi connectivity index (χ0) is 26.8. The van der Waals surface area contributed by atoms with Crippen LogP contribution in [0.1, 0.15) is 93.4 Å².